The molecule has 0 aliphatic heterocycles. The van der Waals surface area contributed by atoms with Gasteiger partial charge in [-0.2, -0.15) is 0 Å². The van der Waals surface area contributed by atoms with E-state index in [0.29, 0.717) is 5.56 Å². The van der Waals surface area contributed by atoms with Gasteiger partial charge in [0.2, 0.25) is 0 Å². The van der Waals surface area contributed by atoms with Gasteiger partial charge in [0.05, 0.1) is 18.5 Å². The number of aryl methyl sites for hydroxylation is 2. The Labute approximate surface area is 171 Å². The van der Waals surface area contributed by atoms with Crippen molar-refractivity contribution in [2.75, 3.05) is 11.8 Å². The van der Waals surface area contributed by atoms with Crippen LogP contribution in [-0.4, -0.2) is 24.9 Å². The Bertz CT molecular complexity index is 1310. The minimum Gasteiger partial charge on any atom is -0.495 e. The summed E-state index contributed by atoms with van der Waals surface area (Å²) < 4.78 is 48.9. The highest BCUT2D eigenvalue weighted by atomic mass is 32.2. The van der Waals surface area contributed by atoms with E-state index in [1.165, 1.54) is 31.4 Å². The van der Waals surface area contributed by atoms with E-state index >= 15 is 0 Å². The van der Waals surface area contributed by atoms with Crippen molar-refractivity contribution < 1.29 is 17.5 Å². The van der Waals surface area contributed by atoms with Gasteiger partial charge in [-0.1, -0.05) is 0 Å². The molecule has 0 amide bonds. The fourth-order valence-electron chi connectivity index (χ4n) is 3.17. The molecule has 0 bridgehead atoms. The second-order valence-electron chi connectivity index (χ2n) is 6.52. The molecular weight excluding hydrogens is 413 g/mol. The monoisotopic (exact) mass is 431 g/mol. The number of nitrogens with one attached hydrogen (secondary N) is 1. The minimum atomic E-state index is -3.97. The average Bonchev–Trinajstić information content (AvgIpc) is 3.17. The van der Waals surface area contributed by atoms with E-state index in [0.717, 1.165) is 21.2 Å². The van der Waals surface area contributed by atoms with Gasteiger partial charge >= 0.3 is 0 Å². The maximum atomic E-state index is 13.1. The van der Waals surface area contributed by atoms with E-state index < -0.39 is 15.8 Å². The predicted molar refractivity (Wildman–Crippen MR) is 112 cm³/mol. The zero-order valence-electron chi connectivity index (χ0n) is 15.9. The molecule has 0 saturated heterocycles. The number of hydrogen-bond donors (Lipinski definition) is 1. The Morgan fingerprint density at radius 1 is 1.14 bits per heavy atom. The van der Waals surface area contributed by atoms with E-state index in [4.69, 9.17) is 4.74 Å². The number of thiazole rings is 1. The van der Waals surface area contributed by atoms with E-state index in [1.807, 2.05) is 24.4 Å². The summed E-state index contributed by atoms with van der Waals surface area (Å²) in [7, 11) is -2.55. The molecule has 0 atom stereocenters. The van der Waals surface area contributed by atoms with E-state index in [-0.39, 0.29) is 16.3 Å². The lowest BCUT2D eigenvalue weighted by molar-refractivity contribution is 0.403. The van der Waals surface area contributed by atoms with Gasteiger partial charge in [0.25, 0.3) is 10.0 Å². The van der Waals surface area contributed by atoms with Crippen molar-refractivity contribution in [3.05, 3.63) is 65.0 Å². The van der Waals surface area contributed by atoms with E-state index in [1.54, 1.807) is 29.5 Å². The molecule has 0 spiro atoms. The Morgan fingerprint density at radius 2 is 1.86 bits per heavy atom. The minimum absolute atomic E-state index is 0.0110. The molecule has 9 heteroatoms. The molecule has 2 aromatic heterocycles. The SMILES string of the molecule is COc1ccc(-c2c(C)nc3sc(C)cn23)cc1S(=O)(=O)Nc1ccc(F)cc1. The maximum Gasteiger partial charge on any atom is 0.265 e. The van der Waals surface area contributed by atoms with Crippen LogP contribution in [0.1, 0.15) is 10.6 Å². The molecule has 150 valence electrons. The van der Waals surface area contributed by atoms with Crippen LogP contribution in [0, 0.1) is 19.7 Å². The zero-order chi connectivity index (χ0) is 20.8. The zero-order valence-corrected chi connectivity index (χ0v) is 17.6. The quantitative estimate of drug-likeness (QED) is 0.500. The molecule has 2 aromatic carbocycles. The van der Waals surface area contributed by atoms with Crippen LogP contribution in [-0.2, 0) is 10.0 Å². The summed E-state index contributed by atoms with van der Waals surface area (Å²) in [6.45, 7) is 3.88. The van der Waals surface area contributed by atoms with Gasteiger partial charge in [-0.3, -0.25) is 9.12 Å². The summed E-state index contributed by atoms with van der Waals surface area (Å²) in [4.78, 5) is 6.51. The average molecular weight is 432 g/mol. The second-order valence-corrected chi connectivity index (χ2v) is 9.38. The van der Waals surface area contributed by atoms with Gasteiger partial charge < -0.3 is 4.74 Å². The first-order chi connectivity index (χ1) is 13.8. The van der Waals surface area contributed by atoms with Crippen LogP contribution in [0.15, 0.2) is 53.6 Å². The number of ether oxygens (including phenoxy) is 1. The molecule has 2 heterocycles. The van der Waals surface area contributed by atoms with Gasteiger partial charge in [0.1, 0.15) is 16.5 Å². The third-order valence-corrected chi connectivity index (χ3v) is 6.74. The van der Waals surface area contributed by atoms with Crippen molar-refractivity contribution in [2.24, 2.45) is 0 Å². The normalized spacial score (nSPS) is 11.7. The van der Waals surface area contributed by atoms with Crippen LogP contribution in [0.5, 0.6) is 5.75 Å². The molecule has 1 N–H and O–H groups in total. The molecule has 4 aromatic rings. The lowest BCUT2D eigenvalue weighted by atomic mass is 10.1. The lowest BCUT2D eigenvalue weighted by Crippen LogP contribution is -2.14. The van der Waals surface area contributed by atoms with Gasteiger partial charge in [-0.15, -0.1) is 11.3 Å². The summed E-state index contributed by atoms with van der Waals surface area (Å²) >= 11 is 1.57. The maximum absolute atomic E-state index is 13.1. The fourth-order valence-corrected chi connectivity index (χ4v) is 5.30. The number of sulfonamides is 1. The number of imidazole rings is 1. The van der Waals surface area contributed by atoms with Crippen LogP contribution >= 0.6 is 11.3 Å². The number of fused-ring (bicyclic) bond motifs is 1. The van der Waals surface area contributed by atoms with E-state index in [2.05, 4.69) is 9.71 Å². The first-order valence-corrected chi connectivity index (χ1v) is 11.0. The molecule has 0 unspecified atom stereocenters. The number of methoxy groups -OCH3 is 1. The number of benzene rings is 2. The van der Waals surface area contributed by atoms with Crippen LogP contribution in [0.3, 0.4) is 0 Å². The highest BCUT2D eigenvalue weighted by Gasteiger charge is 2.23. The van der Waals surface area contributed by atoms with Crippen molar-refractivity contribution in [3.8, 4) is 17.0 Å². The molecule has 6 nitrogen and oxygen atoms in total. The third-order valence-electron chi connectivity index (χ3n) is 4.44. The van der Waals surface area contributed by atoms with Crippen molar-refractivity contribution in [2.45, 2.75) is 18.7 Å². The van der Waals surface area contributed by atoms with Crippen LogP contribution < -0.4 is 9.46 Å². The number of aromatic nitrogens is 2. The standard InChI is InChI=1S/C20H18FN3O3S2/c1-12-11-24-19(13(2)22-20(24)28-12)14-4-9-17(27-3)18(10-14)29(25,26)23-16-7-5-15(21)6-8-16/h4-11,23H,1-3H3. The first kappa shape index (κ1) is 19.4. The Morgan fingerprint density at radius 3 is 2.55 bits per heavy atom. The number of rotatable bonds is 5. The Kier molecular flexibility index (Phi) is 4.79. The largest absolute Gasteiger partial charge is 0.495 e. The second kappa shape index (κ2) is 7.16. The highest BCUT2D eigenvalue weighted by molar-refractivity contribution is 7.92. The molecule has 0 fully saturated rings. The summed E-state index contributed by atoms with van der Waals surface area (Å²) in [5, 5.41) is 0. The van der Waals surface area contributed by atoms with Gasteiger partial charge in [-0.05, 0) is 56.3 Å². The lowest BCUT2D eigenvalue weighted by Gasteiger charge is -2.13. The van der Waals surface area contributed by atoms with E-state index in [9.17, 15) is 12.8 Å². The van der Waals surface area contributed by atoms with Crippen molar-refractivity contribution >= 4 is 32.0 Å². The molecule has 0 saturated carbocycles. The first-order valence-electron chi connectivity index (χ1n) is 8.70. The van der Waals surface area contributed by atoms with Gasteiger partial charge in [-0.25, -0.2) is 17.8 Å². The van der Waals surface area contributed by atoms with Crippen molar-refractivity contribution in [1.29, 1.82) is 0 Å². The van der Waals surface area contributed by atoms with Gasteiger partial charge in [0.15, 0.2) is 4.96 Å². The number of halogens is 1. The Balaban J connectivity index is 1.83. The molecule has 0 aliphatic rings. The molecule has 0 aliphatic carbocycles. The molecule has 4 rings (SSSR count). The van der Waals surface area contributed by atoms with Crippen molar-refractivity contribution in [1.82, 2.24) is 9.38 Å². The molecule has 29 heavy (non-hydrogen) atoms. The summed E-state index contributed by atoms with van der Waals surface area (Å²) in [6, 6.07) is 10.1. The molecule has 0 radical (unpaired) electrons. The Hall–Kier alpha value is -2.91. The van der Waals surface area contributed by atoms with Crippen LogP contribution in [0.4, 0.5) is 10.1 Å². The summed E-state index contributed by atoms with van der Waals surface area (Å²) in [5.74, 6) is -0.234. The smallest absolute Gasteiger partial charge is 0.265 e. The number of anilines is 1. The molecular formula is C20H18FN3O3S2. The highest BCUT2D eigenvalue weighted by Crippen LogP contribution is 2.34. The van der Waals surface area contributed by atoms with Gasteiger partial charge in [0, 0.05) is 22.3 Å². The number of hydrogen-bond acceptors (Lipinski definition) is 5. The van der Waals surface area contributed by atoms with Crippen molar-refractivity contribution in [3.63, 3.8) is 0 Å². The fraction of sp³-hybridized carbons (Fsp3) is 0.150. The predicted octanol–water partition coefficient (Wildman–Crippen LogP) is 4.63. The third kappa shape index (κ3) is 3.58. The number of nitrogens with zero attached hydrogens (tertiary/aromatic N) is 2. The topological polar surface area (TPSA) is 72.7 Å². The summed E-state index contributed by atoms with van der Waals surface area (Å²) in [6.07, 6.45) is 1.98. The summed E-state index contributed by atoms with van der Waals surface area (Å²) in [5.41, 5.74) is 2.59. The van der Waals surface area contributed by atoms with Crippen LogP contribution in [0.2, 0.25) is 0 Å². The van der Waals surface area contributed by atoms with Crippen LogP contribution in [0.25, 0.3) is 16.2 Å².